The molecule has 0 bridgehead atoms. The van der Waals surface area contributed by atoms with Crippen molar-refractivity contribution in [3.63, 3.8) is 0 Å². The van der Waals surface area contributed by atoms with E-state index >= 15 is 0 Å². The average molecular weight is 302 g/mol. The second-order valence-electron chi connectivity index (χ2n) is 4.13. The summed E-state index contributed by atoms with van der Waals surface area (Å²) >= 11 is 3.42. The third-order valence-corrected chi connectivity index (χ3v) is 3.19. The van der Waals surface area contributed by atoms with Crippen LogP contribution in [-0.4, -0.2) is 31.5 Å². The molecular weight excluding hydrogens is 282 g/mol. The molecule has 17 heavy (non-hydrogen) atoms. The molecule has 0 saturated carbocycles. The van der Waals surface area contributed by atoms with E-state index in [-0.39, 0.29) is 12.1 Å². The van der Waals surface area contributed by atoms with Gasteiger partial charge in [0, 0.05) is 17.6 Å². The lowest BCUT2D eigenvalue weighted by atomic mass is 10.1. The number of ether oxygens (including phenoxy) is 1. The van der Waals surface area contributed by atoms with Crippen LogP contribution in [0.2, 0.25) is 0 Å². The molecule has 4 heteroatoms. The van der Waals surface area contributed by atoms with E-state index in [1.807, 2.05) is 12.1 Å². The van der Waals surface area contributed by atoms with E-state index < -0.39 is 0 Å². The van der Waals surface area contributed by atoms with Gasteiger partial charge < -0.3 is 15.2 Å². The van der Waals surface area contributed by atoms with Gasteiger partial charge in [0.25, 0.3) is 0 Å². The van der Waals surface area contributed by atoms with Gasteiger partial charge in [0.15, 0.2) is 0 Å². The fourth-order valence-corrected chi connectivity index (χ4v) is 1.88. The molecular formula is C13H20BrNO2. The molecule has 3 nitrogen and oxygen atoms in total. The first-order valence-corrected chi connectivity index (χ1v) is 6.58. The van der Waals surface area contributed by atoms with E-state index in [0.29, 0.717) is 13.0 Å². The van der Waals surface area contributed by atoms with Gasteiger partial charge in [-0.1, -0.05) is 28.1 Å². The number of rotatable bonds is 7. The Morgan fingerprint density at radius 2 is 2.00 bits per heavy atom. The van der Waals surface area contributed by atoms with Crippen molar-refractivity contribution in [3.05, 3.63) is 34.3 Å². The van der Waals surface area contributed by atoms with Crippen molar-refractivity contribution in [3.8, 4) is 0 Å². The highest BCUT2D eigenvalue weighted by Gasteiger charge is 2.06. The molecule has 1 rings (SSSR count). The monoisotopic (exact) mass is 301 g/mol. The van der Waals surface area contributed by atoms with Crippen LogP contribution in [0.1, 0.15) is 24.9 Å². The predicted molar refractivity (Wildman–Crippen MR) is 73.1 cm³/mol. The lowest BCUT2D eigenvalue weighted by molar-refractivity contribution is 0.0590. The van der Waals surface area contributed by atoms with Crippen LogP contribution in [0.5, 0.6) is 0 Å². The van der Waals surface area contributed by atoms with Crippen molar-refractivity contribution in [2.45, 2.75) is 25.5 Å². The Morgan fingerprint density at radius 3 is 2.59 bits per heavy atom. The van der Waals surface area contributed by atoms with E-state index in [2.05, 4.69) is 40.3 Å². The summed E-state index contributed by atoms with van der Waals surface area (Å²) in [6.45, 7) is 3.29. The first-order chi connectivity index (χ1) is 8.13. The van der Waals surface area contributed by atoms with Gasteiger partial charge in [0.1, 0.15) is 0 Å². The maximum Gasteiger partial charge on any atom is 0.0785 e. The Kier molecular flexibility index (Phi) is 6.73. The molecule has 96 valence electrons. The highest BCUT2D eigenvalue weighted by molar-refractivity contribution is 9.10. The lowest BCUT2D eigenvalue weighted by Crippen LogP contribution is -2.25. The quantitative estimate of drug-likeness (QED) is 0.813. The summed E-state index contributed by atoms with van der Waals surface area (Å²) in [7, 11) is 1.60. The Morgan fingerprint density at radius 1 is 1.35 bits per heavy atom. The van der Waals surface area contributed by atoms with Crippen LogP contribution >= 0.6 is 15.9 Å². The zero-order chi connectivity index (χ0) is 12.7. The molecule has 0 spiro atoms. The molecule has 0 saturated heterocycles. The van der Waals surface area contributed by atoms with Gasteiger partial charge in [-0.3, -0.25) is 0 Å². The summed E-state index contributed by atoms with van der Waals surface area (Å²) < 4.78 is 5.96. The van der Waals surface area contributed by atoms with Gasteiger partial charge in [-0.05, 0) is 37.6 Å². The molecule has 0 aliphatic rings. The van der Waals surface area contributed by atoms with Crippen LogP contribution in [0.15, 0.2) is 28.7 Å². The van der Waals surface area contributed by atoms with Gasteiger partial charge in [0.05, 0.1) is 12.7 Å². The summed E-state index contributed by atoms with van der Waals surface area (Å²) in [6, 6.07) is 8.54. The Labute approximate surface area is 111 Å². The second-order valence-corrected chi connectivity index (χ2v) is 5.04. The predicted octanol–water partition coefficient (Wildman–Crippen LogP) is 2.50. The first kappa shape index (κ1) is 14.6. The fourth-order valence-electron chi connectivity index (χ4n) is 1.61. The third kappa shape index (κ3) is 5.64. The standard InChI is InChI=1S/C13H20BrNO2/c1-10(11-3-5-12(14)6-4-11)15-8-7-13(16)9-17-2/h3-6,10,13,15-16H,7-9H2,1-2H3. The number of hydrogen-bond donors (Lipinski definition) is 2. The van der Waals surface area contributed by atoms with Crippen LogP contribution in [0.4, 0.5) is 0 Å². The van der Waals surface area contributed by atoms with Gasteiger partial charge in [-0.2, -0.15) is 0 Å². The van der Waals surface area contributed by atoms with Crippen molar-refractivity contribution in [2.75, 3.05) is 20.3 Å². The minimum atomic E-state index is -0.385. The molecule has 1 aromatic carbocycles. The molecule has 0 aromatic heterocycles. The molecule has 2 N–H and O–H groups in total. The molecule has 0 radical (unpaired) electrons. The topological polar surface area (TPSA) is 41.5 Å². The van der Waals surface area contributed by atoms with E-state index in [9.17, 15) is 5.11 Å². The Balaban J connectivity index is 2.29. The van der Waals surface area contributed by atoms with Crippen molar-refractivity contribution in [2.24, 2.45) is 0 Å². The van der Waals surface area contributed by atoms with Crippen molar-refractivity contribution < 1.29 is 9.84 Å². The van der Waals surface area contributed by atoms with Gasteiger partial charge in [-0.15, -0.1) is 0 Å². The molecule has 2 unspecified atom stereocenters. The van der Waals surface area contributed by atoms with Crippen LogP contribution in [0.25, 0.3) is 0 Å². The van der Waals surface area contributed by atoms with Crippen molar-refractivity contribution in [1.29, 1.82) is 0 Å². The number of aliphatic hydroxyl groups excluding tert-OH is 1. The lowest BCUT2D eigenvalue weighted by Gasteiger charge is -2.16. The van der Waals surface area contributed by atoms with Crippen LogP contribution in [-0.2, 0) is 4.74 Å². The largest absolute Gasteiger partial charge is 0.391 e. The Hall–Kier alpha value is -0.420. The van der Waals surface area contributed by atoms with Crippen molar-refractivity contribution >= 4 is 15.9 Å². The number of halogens is 1. The smallest absolute Gasteiger partial charge is 0.0785 e. The zero-order valence-corrected chi connectivity index (χ0v) is 11.9. The fraction of sp³-hybridized carbons (Fsp3) is 0.538. The molecule has 0 heterocycles. The molecule has 0 aliphatic carbocycles. The molecule has 0 aliphatic heterocycles. The van der Waals surface area contributed by atoms with Crippen LogP contribution in [0.3, 0.4) is 0 Å². The molecule has 0 amide bonds. The Bertz CT molecular complexity index is 316. The van der Waals surface area contributed by atoms with E-state index in [1.165, 1.54) is 5.56 Å². The molecule has 0 fully saturated rings. The van der Waals surface area contributed by atoms with E-state index in [4.69, 9.17) is 4.74 Å². The third-order valence-electron chi connectivity index (χ3n) is 2.66. The summed E-state index contributed by atoms with van der Waals surface area (Å²) in [5, 5.41) is 12.9. The summed E-state index contributed by atoms with van der Waals surface area (Å²) in [5.74, 6) is 0. The highest BCUT2D eigenvalue weighted by atomic mass is 79.9. The van der Waals surface area contributed by atoms with Crippen molar-refractivity contribution in [1.82, 2.24) is 5.32 Å². The minimum Gasteiger partial charge on any atom is -0.391 e. The maximum absolute atomic E-state index is 9.50. The molecule has 1 aromatic rings. The maximum atomic E-state index is 9.50. The normalized spacial score (nSPS) is 14.6. The first-order valence-electron chi connectivity index (χ1n) is 5.79. The number of aliphatic hydroxyl groups is 1. The van der Waals surface area contributed by atoms with Crippen LogP contribution in [0, 0.1) is 0 Å². The summed E-state index contributed by atoms with van der Waals surface area (Å²) in [5.41, 5.74) is 1.24. The van der Waals surface area contributed by atoms with Gasteiger partial charge in [0.2, 0.25) is 0 Å². The number of benzene rings is 1. The zero-order valence-electron chi connectivity index (χ0n) is 10.3. The van der Waals surface area contributed by atoms with Crippen LogP contribution < -0.4 is 5.32 Å². The summed E-state index contributed by atoms with van der Waals surface area (Å²) in [4.78, 5) is 0. The highest BCUT2D eigenvalue weighted by Crippen LogP contribution is 2.16. The molecule has 2 atom stereocenters. The minimum absolute atomic E-state index is 0.290. The number of nitrogens with one attached hydrogen (secondary N) is 1. The second kappa shape index (κ2) is 7.82. The van der Waals surface area contributed by atoms with Gasteiger partial charge in [-0.25, -0.2) is 0 Å². The average Bonchev–Trinajstić information content (AvgIpc) is 2.30. The summed E-state index contributed by atoms with van der Waals surface area (Å²) in [6.07, 6.45) is 0.318. The SMILES string of the molecule is COCC(O)CCNC(C)c1ccc(Br)cc1. The number of methoxy groups -OCH3 is 1. The van der Waals surface area contributed by atoms with E-state index in [0.717, 1.165) is 11.0 Å². The van der Waals surface area contributed by atoms with Gasteiger partial charge >= 0.3 is 0 Å². The van der Waals surface area contributed by atoms with E-state index in [1.54, 1.807) is 7.11 Å². The number of hydrogen-bond acceptors (Lipinski definition) is 3.